The lowest BCUT2D eigenvalue weighted by Gasteiger charge is -2.07. The van der Waals surface area contributed by atoms with Crippen LogP contribution in [0, 0.1) is 6.92 Å². The number of benzene rings is 1. The van der Waals surface area contributed by atoms with Crippen LogP contribution in [0.15, 0.2) is 24.3 Å². The molecule has 0 heterocycles. The Kier molecular flexibility index (Phi) is 9.47. The predicted octanol–water partition coefficient (Wildman–Crippen LogP) is 1.13. The molecule has 0 aliphatic heterocycles. The van der Waals surface area contributed by atoms with Crippen molar-refractivity contribution in [3.8, 4) is 5.75 Å². The summed E-state index contributed by atoms with van der Waals surface area (Å²) in [7, 11) is 0. The molecule has 6 nitrogen and oxygen atoms in total. The lowest BCUT2D eigenvalue weighted by atomic mass is 10.2. The van der Waals surface area contributed by atoms with Crippen LogP contribution in [0.5, 0.6) is 5.75 Å². The quantitative estimate of drug-likeness (QED) is 0.533. The summed E-state index contributed by atoms with van der Waals surface area (Å²) < 4.78 is 5.61. The van der Waals surface area contributed by atoms with E-state index in [1.807, 2.05) is 31.2 Å². The largest absolute Gasteiger partial charge is 0.494 e. The van der Waals surface area contributed by atoms with Crippen molar-refractivity contribution in [3.63, 3.8) is 0 Å². The van der Waals surface area contributed by atoms with Gasteiger partial charge in [-0.05, 0) is 31.9 Å². The Morgan fingerprint density at radius 1 is 1.00 bits per heavy atom. The molecule has 0 atom stereocenters. The Hall–Kier alpha value is -2.08. The molecule has 0 unspecified atom stereocenters. The van der Waals surface area contributed by atoms with Crippen molar-refractivity contribution in [1.29, 1.82) is 0 Å². The number of hydrogen-bond acceptors (Lipinski definition) is 4. The summed E-state index contributed by atoms with van der Waals surface area (Å²) in [6, 6.07) is 7.93. The number of carbonyl (C=O) groups is 2. The van der Waals surface area contributed by atoms with E-state index in [1.165, 1.54) is 5.56 Å². The first kappa shape index (κ1) is 19.0. The van der Waals surface area contributed by atoms with Crippen LogP contribution in [0.3, 0.4) is 0 Å². The average Bonchev–Trinajstić information content (AvgIpc) is 2.55. The zero-order valence-corrected chi connectivity index (χ0v) is 13.8. The molecule has 0 saturated carbocycles. The maximum Gasteiger partial charge on any atom is 0.220 e. The minimum atomic E-state index is -0.142. The summed E-state index contributed by atoms with van der Waals surface area (Å²) >= 11 is 0. The van der Waals surface area contributed by atoms with E-state index >= 15 is 0 Å². The van der Waals surface area contributed by atoms with E-state index in [1.54, 1.807) is 0 Å². The summed E-state index contributed by atoms with van der Waals surface area (Å²) in [5.41, 5.74) is 6.48. The molecule has 1 aromatic carbocycles. The fraction of sp³-hybridized carbons (Fsp3) is 0.529. The molecule has 0 fully saturated rings. The van der Waals surface area contributed by atoms with Crippen molar-refractivity contribution >= 4 is 11.8 Å². The van der Waals surface area contributed by atoms with Gasteiger partial charge in [-0.3, -0.25) is 9.59 Å². The minimum Gasteiger partial charge on any atom is -0.494 e. The lowest BCUT2D eigenvalue weighted by molar-refractivity contribution is -0.126. The average molecular weight is 321 g/mol. The zero-order valence-electron chi connectivity index (χ0n) is 13.8. The van der Waals surface area contributed by atoms with Gasteiger partial charge in [-0.15, -0.1) is 0 Å². The van der Waals surface area contributed by atoms with Crippen LogP contribution in [0.25, 0.3) is 0 Å². The molecule has 0 saturated heterocycles. The number of unbranched alkanes of at least 4 members (excludes halogenated alkanes) is 1. The van der Waals surface area contributed by atoms with Crippen molar-refractivity contribution in [2.75, 3.05) is 26.2 Å². The number of nitrogens with one attached hydrogen (secondary N) is 2. The molecular formula is C17H27N3O3. The van der Waals surface area contributed by atoms with Gasteiger partial charge in [0.2, 0.25) is 11.8 Å². The Morgan fingerprint density at radius 2 is 1.61 bits per heavy atom. The van der Waals surface area contributed by atoms with Gasteiger partial charge in [0.05, 0.1) is 6.61 Å². The van der Waals surface area contributed by atoms with Crippen LogP contribution in [0.4, 0.5) is 0 Å². The number of aryl methyl sites for hydroxylation is 1. The maximum atomic E-state index is 11.6. The fourth-order valence-corrected chi connectivity index (χ4v) is 1.89. The second-order valence-corrected chi connectivity index (χ2v) is 5.36. The van der Waals surface area contributed by atoms with Gasteiger partial charge in [0.25, 0.3) is 0 Å². The van der Waals surface area contributed by atoms with E-state index < -0.39 is 0 Å². The molecule has 0 bridgehead atoms. The second kappa shape index (κ2) is 11.5. The number of nitrogens with two attached hydrogens (primary N) is 1. The minimum absolute atomic E-state index is 0.104. The molecule has 1 rings (SSSR count). The van der Waals surface area contributed by atoms with Crippen LogP contribution in [0.2, 0.25) is 0 Å². The SMILES string of the molecule is Cc1ccc(OCCCCNC(=O)CCC(=O)NCCN)cc1. The summed E-state index contributed by atoms with van der Waals surface area (Å²) in [6.45, 7) is 4.11. The van der Waals surface area contributed by atoms with E-state index in [-0.39, 0.29) is 24.7 Å². The van der Waals surface area contributed by atoms with Crippen LogP contribution >= 0.6 is 0 Å². The highest BCUT2D eigenvalue weighted by molar-refractivity contribution is 5.83. The standard InChI is InChI=1S/C17H27N3O3/c1-14-4-6-15(7-5-14)23-13-3-2-11-19-16(21)8-9-17(22)20-12-10-18/h4-7H,2-3,8-13,18H2,1H3,(H,19,21)(H,20,22). The Morgan fingerprint density at radius 3 is 2.22 bits per heavy atom. The second-order valence-electron chi connectivity index (χ2n) is 5.36. The highest BCUT2D eigenvalue weighted by atomic mass is 16.5. The molecule has 0 aliphatic carbocycles. The summed E-state index contributed by atoms with van der Waals surface area (Å²) in [6.07, 6.45) is 2.11. The molecule has 2 amide bonds. The lowest BCUT2D eigenvalue weighted by Crippen LogP contribution is -2.31. The first-order valence-corrected chi connectivity index (χ1v) is 8.04. The van der Waals surface area contributed by atoms with Gasteiger partial charge in [0, 0.05) is 32.5 Å². The summed E-state index contributed by atoms with van der Waals surface area (Å²) in [5.74, 6) is 0.618. The molecule has 23 heavy (non-hydrogen) atoms. The number of carbonyl (C=O) groups excluding carboxylic acids is 2. The van der Waals surface area contributed by atoms with Crippen molar-refractivity contribution in [3.05, 3.63) is 29.8 Å². The van der Waals surface area contributed by atoms with Crippen molar-refractivity contribution in [1.82, 2.24) is 10.6 Å². The van der Waals surface area contributed by atoms with Crippen LogP contribution in [-0.2, 0) is 9.59 Å². The first-order valence-electron chi connectivity index (χ1n) is 8.04. The van der Waals surface area contributed by atoms with Crippen molar-refractivity contribution in [2.45, 2.75) is 32.6 Å². The van der Waals surface area contributed by atoms with Crippen LogP contribution < -0.4 is 21.1 Å². The summed E-state index contributed by atoms with van der Waals surface area (Å²) in [5, 5.41) is 5.43. The number of rotatable bonds is 11. The molecule has 6 heteroatoms. The van der Waals surface area contributed by atoms with Gasteiger partial charge in [-0.2, -0.15) is 0 Å². The normalized spacial score (nSPS) is 10.2. The van der Waals surface area contributed by atoms with E-state index in [0.29, 0.717) is 26.2 Å². The molecule has 0 aromatic heterocycles. The van der Waals surface area contributed by atoms with Crippen molar-refractivity contribution in [2.24, 2.45) is 5.73 Å². The number of ether oxygens (including phenoxy) is 1. The van der Waals surface area contributed by atoms with Crippen molar-refractivity contribution < 1.29 is 14.3 Å². The topological polar surface area (TPSA) is 93.4 Å². The van der Waals surface area contributed by atoms with E-state index in [9.17, 15) is 9.59 Å². The smallest absolute Gasteiger partial charge is 0.220 e. The molecular weight excluding hydrogens is 294 g/mol. The molecule has 0 spiro atoms. The molecule has 0 aliphatic rings. The highest BCUT2D eigenvalue weighted by Crippen LogP contribution is 2.11. The Labute approximate surface area is 137 Å². The third-order valence-corrected chi connectivity index (χ3v) is 3.23. The van der Waals surface area contributed by atoms with Gasteiger partial charge in [0.15, 0.2) is 0 Å². The first-order chi connectivity index (χ1) is 11.1. The zero-order chi connectivity index (χ0) is 16.9. The van der Waals surface area contributed by atoms with E-state index in [4.69, 9.17) is 10.5 Å². The van der Waals surface area contributed by atoms with E-state index in [2.05, 4.69) is 10.6 Å². The Bertz CT molecular complexity index is 474. The monoisotopic (exact) mass is 321 g/mol. The van der Waals surface area contributed by atoms with Crippen LogP contribution in [-0.4, -0.2) is 38.1 Å². The van der Waals surface area contributed by atoms with Gasteiger partial charge in [-0.1, -0.05) is 17.7 Å². The maximum absolute atomic E-state index is 11.6. The van der Waals surface area contributed by atoms with E-state index in [0.717, 1.165) is 18.6 Å². The third kappa shape index (κ3) is 9.52. The molecule has 4 N–H and O–H groups in total. The third-order valence-electron chi connectivity index (χ3n) is 3.23. The van der Waals surface area contributed by atoms with Gasteiger partial charge >= 0.3 is 0 Å². The predicted molar refractivity (Wildman–Crippen MR) is 90.2 cm³/mol. The number of hydrogen-bond donors (Lipinski definition) is 3. The van der Waals surface area contributed by atoms with Crippen LogP contribution in [0.1, 0.15) is 31.2 Å². The number of amides is 2. The molecule has 1 aromatic rings. The van der Waals surface area contributed by atoms with Gasteiger partial charge in [0.1, 0.15) is 5.75 Å². The van der Waals surface area contributed by atoms with Gasteiger partial charge < -0.3 is 21.1 Å². The summed E-state index contributed by atoms with van der Waals surface area (Å²) in [4.78, 5) is 22.9. The molecule has 0 radical (unpaired) electrons. The Balaban J connectivity index is 1.98. The van der Waals surface area contributed by atoms with Gasteiger partial charge in [-0.25, -0.2) is 0 Å². The molecule has 128 valence electrons. The fourth-order valence-electron chi connectivity index (χ4n) is 1.89. The highest BCUT2D eigenvalue weighted by Gasteiger charge is 2.05.